The smallest absolute Gasteiger partial charge is 0.129 e. The number of benzene rings is 2. The highest BCUT2D eigenvalue weighted by Gasteiger charge is 2.37. The van der Waals surface area contributed by atoms with Gasteiger partial charge in [-0.1, -0.05) is 93.4 Å². The Balaban J connectivity index is 2.40. The van der Waals surface area contributed by atoms with Crippen molar-refractivity contribution in [3.63, 3.8) is 0 Å². The molecule has 114 valence electrons. The lowest BCUT2D eigenvalue weighted by Crippen LogP contribution is -2.49. The molecule has 0 aliphatic heterocycles. The predicted molar refractivity (Wildman–Crippen MR) is 99.9 cm³/mol. The lowest BCUT2D eigenvalue weighted by atomic mass is 10.1. The molecule has 0 nitrogen and oxygen atoms in total. The van der Waals surface area contributed by atoms with Crippen LogP contribution in [0.3, 0.4) is 0 Å². The lowest BCUT2D eigenvalue weighted by molar-refractivity contribution is 0.647. The van der Waals surface area contributed by atoms with Crippen LogP contribution in [0.25, 0.3) is 0 Å². The molecule has 0 aliphatic rings. The summed E-state index contributed by atoms with van der Waals surface area (Å²) in [5.74, 6) is 0. The van der Waals surface area contributed by atoms with Crippen molar-refractivity contribution in [2.45, 2.75) is 44.7 Å². The van der Waals surface area contributed by atoms with E-state index in [9.17, 15) is 0 Å². The highest BCUT2D eigenvalue weighted by atomic mass is 28.3. The molecule has 2 aromatic rings. The summed E-state index contributed by atoms with van der Waals surface area (Å²) in [6, 6.07) is 21.6. The average Bonchev–Trinajstić information content (AvgIpc) is 2.60. The molecule has 0 spiro atoms. The Morgan fingerprint density at radius 2 is 1.55 bits per heavy atom. The summed E-state index contributed by atoms with van der Waals surface area (Å²) >= 11 is 0. The predicted octanol–water partition coefficient (Wildman–Crippen LogP) is 5.05. The van der Waals surface area contributed by atoms with Gasteiger partial charge in [0.05, 0.1) is 0 Å². The van der Waals surface area contributed by atoms with Gasteiger partial charge in [0.1, 0.15) is 0 Å². The molecule has 2 rings (SSSR count). The van der Waals surface area contributed by atoms with E-state index >= 15 is 0 Å². The van der Waals surface area contributed by atoms with Crippen LogP contribution in [0, 0.1) is 12.0 Å². The first-order valence-electron chi connectivity index (χ1n) is 8.30. The molecule has 0 aromatic heterocycles. The molecule has 2 atom stereocenters. The Kier molecular flexibility index (Phi) is 6.04. The number of unbranched alkanes of at least 4 members (excludes halogenated alkanes) is 2. The second-order valence-electron chi connectivity index (χ2n) is 6.17. The highest BCUT2D eigenvalue weighted by molar-refractivity contribution is 6.98. The Hall–Kier alpha value is -1.78. The molecule has 0 saturated heterocycles. The lowest BCUT2D eigenvalue weighted by Gasteiger charge is -2.32. The van der Waals surface area contributed by atoms with Gasteiger partial charge in [-0.15, -0.1) is 12.0 Å². The van der Waals surface area contributed by atoms with E-state index in [0.717, 1.165) is 0 Å². The Bertz CT molecular complexity index is 597. The number of rotatable bonds is 7. The van der Waals surface area contributed by atoms with Crippen LogP contribution in [0.2, 0.25) is 6.55 Å². The van der Waals surface area contributed by atoms with Gasteiger partial charge in [0.2, 0.25) is 0 Å². The maximum atomic E-state index is 6.09. The van der Waals surface area contributed by atoms with Gasteiger partial charge in [-0.3, -0.25) is 0 Å². The van der Waals surface area contributed by atoms with Crippen LogP contribution in [-0.2, 0) is 0 Å². The van der Waals surface area contributed by atoms with E-state index in [0.29, 0.717) is 5.54 Å². The van der Waals surface area contributed by atoms with Crippen molar-refractivity contribution < 1.29 is 0 Å². The monoisotopic (exact) mass is 306 g/mol. The molecule has 0 radical (unpaired) electrons. The average molecular weight is 307 g/mol. The fraction of sp³-hybridized carbons (Fsp3) is 0.333. The van der Waals surface area contributed by atoms with Gasteiger partial charge in [-0.25, -0.2) is 0 Å². The van der Waals surface area contributed by atoms with Gasteiger partial charge < -0.3 is 0 Å². The second-order valence-corrected chi connectivity index (χ2v) is 10.1. The molecular formula is C21H26Si. The third kappa shape index (κ3) is 3.70. The zero-order valence-electron chi connectivity index (χ0n) is 13.8. The summed E-state index contributed by atoms with van der Waals surface area (Å²) < 4.78 is 0. The maximum absolute atomic E-state index is 6.09. The molecule has 2 aromatic carbocycles. The molecule has 0 fully saturated rings. The molecule has 0 heterocycles. The van der Waals surface area contributed by atoms with E-state index in [1.165, 1.54) is 36.4 Å². The minimum absolute atomic E-state index is 0.493. The van der Waals surface area contributed by atoms with Gasteiger partial charge in [-0.2, -0.15) is 0 Å². The molecule has 0 amide bonds. The Morgan fingerprint density at radius 3 is 2.09 bits per heavy atom. The van der Waals surface area contributed by atoms with E-state index in [1.54, 1.807) is 0 Å². The second kappa shape index (κ2) is 8.01. The summed E-state index contributed by atoms with van der Waals surface area (Å²) in [5, 5.41) is 1.38. The summed E-state index contributed by atoms with van der Waals surface area (Å²) in [6.07, 6.45) is 11.1. The molecule has 22 heavy (non-hydrogen) atoms. The van der Waals surface area contributed by atoms with Crippen molar-refractivity contribution in [2.75, 3.05) is 0 Å². The van der Waals surface area contributed by atoms with E-state index < -0.39 is 8.07 Å². The fourth-order valence-corrected chi connectivity index (χ4v) is 6.54. The van der Waals surface area contributed by atoms with Crippen molar-refractivity contribution >= 4 is 13.3 Å². The first kappa shape index (κ1) is 16.6. The van der Waals surface area contributed by atoms with E-state index in [4.69, 9.17) is 6.42 Å². The first-order valence-corrected chi connectivity index (χ1v) is 10.9. The van der Waals surface area contributed by atoms with Crippen LogP contribution in [0.5, 0.6) is 0 Å². The van der Waals surface area contributed by atoms with Gasteiger partial charge in [0, 0.05) is 0 Å². The van der Waals surface area contributed by atoms with Crippen molar-refractivity contribution in [2.24, 2.45) is 0 Å². The number of hydrogen-bond acceptors (Lipinski definition) is 0. The quantitative estimate of drug-likeness (QED) is 0.381. The highest BCUT2D eigenvalue weighted by Crippen LogP contribution is 2.31. The minimum atomic E-state index is -1.99. The van der Waals surface area contributed by atoms with Crippen LogP contribution >= 0.6 is 0 Å². The SMILES string of the molecule is C#C[Si](C)(c1ccccc1)C(CCCCC)c1ccccc1. The van der Waals surface area contributed by atoms with Crippen molar-refractivity contribution in [3.05, 3.63) is 66.2 Å². The maximum Gasteiger partial charge on any atom is 0.172 e. The molecule has 1 heteroatoms. The van der Waals surface area contributed by atoms with Crippen LogP contribution in [0.1, 0.15) is 43.7 Å². The van der Waals surface area contributed by atoms with Crippen molar-refractivity contribution in [1.29, 1.82) is 0 Å². The van der Waals surface area contributed by atoms with Gasteiger partial charge >= 0.3 is 0 Å². The molecule has 0 N–H and O–H groups in total. The topological polar surface area (TPSA) is 0 Å². The van der Waals surface area contributed by atoms with Crippen LogP contribution in [0.15, 0.2) is 60.7 Å². The fourth-order valence-electron chi connectivity index (χ4n) is 3.24. The van der Waals surface area contributed by atoms with Crippen LogP contribution in [0.4, 0.5) is 0 Å². The summed E-state index contributed by atoms with van der Waals surface area (Å²) in [4.78, 5) is 0. The third-order valence-electron chi connectivity index (χ3n) is 4.67. The summed E-state index contributed by atoms with van der Waals surface area (Å²) in [6.45, 7) is 4.61. The number of terminal acetylenes is 1. The van der Waals surface area contributed by atoms with E-state index in [1.807, 2.05) is 0 Å². The van der Waals surface area contributed by atoms with Crippen LogP contribution in [-0.4, -0.2) is 8.07 Å². The molecule has 2 unspecified atom stereocenters. The largest absolute Gasteiger partial charge is 0.172 e. The molecule has 0 saturated carbocycles. The zero-order chi connectivity index (χ0) is 15.8. The van der Waals surface area contributed by atoms with Gasteiger partial charge in [-0.05, 0) is 22.7 Å². The van der Waals surface area contributed by atoms with Gasteiger partial charge in [0.15, 0.2) is 8.07 Å². The molecule has 0 bridgehead atoms. The first-order chi connectivity index (χ1) is 10.7. The standard InChI is InChI=1S/C21H26Si/c1-4-6-9-18-21(19-14-10-7-11-15-19)22(3,5-2)20-16-12-8-13-17-20/h2,7-8,10-17,21H,4,6,9,18H2,1,3H3. The van der Waals surface area contributed by atoms with Crippen molar-refractivity contribution in [1.82, 2.24) is 0 Å². The summed E-state index contributed by atoms with van der Waals surface area (Å²) in [7, 11) is -1.99. The summed E-state index contributed by atoms with van der Waals surface area (Å²) in [5.41, 5.74) is 5.16. The van der Waals surface area contributed by atoms with E-state index in [2.05, 4.69) is 79.7 Å². The van der Waals surface area contributed by atoms with E-state index in [-0.39, 0.29) is 0 Å². The molecule has 0 aliphatic carbocycles. The normalized spacial score (nSPS) is 14.8. The Labute approximate surface area is 136 Å². The Morgan fingerprint density at radius 1 is 0.955 bits per heavy atom. The third-order valence-corrected chi connectivity index (χ3v) is 8.82. The minimum Gasteiger partial charge on any atom is -0.129 e. The molecular weight excluding hydrogens is 280 g/mol. The van der Waals surface area contributed by atoms with Gasteiger partial charge in [0.25, 0.3) is 0 Å². The van der Waals surface area contributed by atoms with Crippen molar-refractivity contribution in [3.8, 4) is 12.0 Å². The van der Waals surface area contributed by atoms with Crippen LogP contribution < -0.4 is 5.19 Å². The number of hydrogen-bond donors (Lipinski definition) is 0. The zero-order valence-corrected chi connectivity index (χ0v) is 14.8.